The number of thiocarbonyl (C=S) groups is 1. The molecule has 0 unspecified atom stereocenters. The molecule has 2 aromatic rings. The van der Waals surface area contributed by atoms with E-state index in [1.165, 1.54) is 17.0 Å². The minimum Gasteiger partial charge on any atom is -0.379 e. The summed E-state index contributed by atoms with van der Waals surface area (Å²) in [5.41, 5.74) is 5.04. The van der Waals surface area contributed by atoms with E-state index in [1.807, 2.05) is 12.3 Å². The highest BCUT2D eigenvalue weighted by Gasteiger charge is 2.41. The summed E-state index contributed by atoms with van der Waals surface area (Å²) in [4.78, 5) is 12.1. The molecule has 3 fully saturated rings. The van der Waals surface area contributed by atoms with Crippen LogP contribution in [0.4, 0.5) is 0 Å². The SMILES string of the molecule is Cc1cc([C@@H]2[C@@H](c3ccccn3)NC(=S)N2CCN2CCOCC2)c(C)n1CCCN1CCOCC1. The molecule has 0 amide bonds. The summed E-state index contributed by atoms with van der Waals surface area (Å²) in [7, 11) is 0. The Morgan fingerprint density at radius 3 is 2.31 bits per heavy atom. The number of morpholine rings is 2. The van der Waals surface area contributed by atoms with Gasteiger partial charge in [-0.05, 0) is 56.2 Å². The summed E-state index contributed by atoms with van der Waals surface area (Å²) in [6.07, 6.45) is 3.02. The van der Waals surface area contributed by atoms with E-state index < -0.39 is 0 Å². The van der Waals surface area contributed by atoms with Crippen LogP contribution in [-0.4, -0.2) is 102 Å². The zero-order valence-corrected chi connectivity index (χ0v) is 22.5. The molecule has 0 aliphatic carbocycles. The molecule has 3 aliphatic rings. The van der Waals surface area contributed by atoms with E-state index in [-0.39, 0.29) is 12.1 Å². The van der Waals surface area contributed by atoms with Crippen LogP contribution in [0.1, 0.15) is 41.1 Å². The van der Waals surface area contributed by atoms with Gasteiger partial charge in [0.15, 0.2) is 5.11 Å². The fourth-order valence-electron chi connectivity index (χ4n) is 5.81. The molecule has 1 N–H and O–H groups in total. The van der Waals surface area contributed by atoms with Crippen LogP contribution in [0.2, 0.25) is 0 Å². The van der Waals surface area contributed by atoms with Crippen molar-refractivity contribution in [2.45, 2.75) is 38.9 Å². The van der Waals surface area contributed by atoms with Gasteiger partial charge in [0.05, 0.1) is 44.2 Å². The van der Waals surface area contributed by atoms with E-state index in [2.05, 4.69) is 56.6 Å². The molecule has 36 heavy (non-hydrogen) atoms. The van der Waals surface area contributed by atoms with Crippen molar-refractivity contribution in [1.82, 2.24) is 29.6 Å². The number of nitrogens with zero attached hydrogens (tertiary/aromatic N) is 5. The molecule has 0 radical (unpaired) electrons. The number of nitrogens with one attached hydrogen (secondary N) is 1. The van der Waals surface area contributed by atoms with Gasteiger partial charge < -0.3 is 24.3 Å². The first-order valence-electron chi connectivity index (χ1n) is 13.4. The molecule has 3 aliphatic heterocycles. The fraction of sp³-hybridized carbons (Fsp3) is 0.630. The quantitative estimate of drug-likeness (QED) is 0.515. The van der Waals surface area contributed by atoms with Crippen molar-refractivity contribution in [3.63, 3.8) is 0 Å². The topological polar surface area (TPSA) is 58.0 Å². The number of hydrogen-bond acceptors (Lipinski definition) is 6. The third kappa shape index (κ3) is 5.75. The van der Waals surface area contributed by atoms with Crippen LogP contribution >= 0.6 is 12.2 Å². The van der Waals surface area contributed by atoms with E-state index in [9.17, 15) is 0 Å². The number of rotatable bonds is 9. The van der Waals surface area contributed by atoms with E-state index in [1.54, 1.807) is 0 Å². The first-order valence-corrected chi connectivity index (χ1v) is 13.8. The van der Waals surface area contributed by atoms with Crippen LogP contribution in [-0.2, 0) is 16.0 Å². The predicted molar refractivity (Wildman–Crippen MR) is 145 cm³/mol. The molecule has 5 heterocycles. The molecule has 0 bridgehead atoms. The maximum atomic E-state index is 5.91. The fourth-order valence-corrected chi connectivity index (χ4v) is 6.14. The van der Waals surface area contributed by atoms with Gasteiger partial charge in [-0.3, -0.25) is 14.8 Å². The summed E-state index contributed by atoms with van der Waals surface area (Å²) < 4.78 is 13.5. The molecule has 2 aromatic heterocycles. The zero-order valence-electron chi connectivity index (χ0n) is 21.7. The number of aryl methyl sites for hydroxylation is 1. The minimum atomic E-state index is 0.0330. The van der Waals surface area contributed by atoms with Crippen molar-refractivity contribution < 1.29 is 9.47 Å². The van der Waals surface area contributed by atoms with E-state index in [0.717, 1.165) is 96.0 Å². The van der Waals surface area contributed by atoms with E-state index in [4.69, 9.17) is 26.7 Å². The normalized spacial score (nSPS) is 23.8. The Morgan fingerprint density at radius 1 is 0.944 bits per heavy atom. The lowest BCUT2D eigenvalue weighted by molar-refractivity contribution is 0.0350. The number of aromatic nitrogens is 2. The van der Waals surface area contributed by atoms with Crippen LogP contribution in [0.5, 0.6) is 0 Å². The maximum Gasteiger partial charge on any atom is 0.170 e. The molecule has 0 spiro atoms. The van der Waals surface area contributed by atoms with Gasteiger partial charge in [-0.25, -0.2) is 0 Å². The monoisotopic (exact) mass is 512 g/mol. The molecular formula is C27H40N6O2S. The van der Waals surface area contributed by atoms with Gasteiger partial charge in [0.25, 0.3) is 0 Å². The summed E-state index contributed by atoms with van der Waals surface area (Å²) in [6.45, 7) is 15.9. The number of hydrogen-bond donors (Lipinski definition) is 1. The zero-order chi connectivity index (χ0) is 24.9. The Hall–Kier alpha value is -2.04. The van der Waals surface area contributed by atoms with Gasteiger partial charge in [-0.2, -0.15) is 0 Å². The largest absolute Gasteiger partial charge is 0.379 e. The standard InChI is InChI=1S/C27H40N6O2S/c1-21-20-23(22(2)32(21)9-5-8-30-12-16-34-17-13-30)26-25(24-6-3-4-7-28-24)29-27(36)33(26)11-10-31-14-18-35-19-15-31/h3-4,6-7,20,25-26H,5,8-19H2,1-2H3,(H,29,36)/t25-,26-/m1/s1. The van der Waals surface area contributed by atoms with Crippen LogP contribution in [0, 0.1) is 13.8 Å². The van der Waals surface area contributed by atoms with Crippen LogP contribution < -0.4 is 5.32 Å². The third-order valence-corrected chi connectivity index (χ3v) is 8.20. The van der Waals surface area contributed by atoms with Crippen molar-refractivity contribution in [2.75, 3.05) is 72.2 Å². The van der Waals surface area contributed by atoms with Crippen molar-refractivity contribution in [3.8, 4) is 0 Å². The first kappa shape index (κ1) is 25.6. The van der Waals surface area contributed by atoms with Gasteiger partial charge >= 0.3 is 0 Å². The van der Waals surface area contributed by atoms with Crippen LogP contribution in [0.3, 0.4) is 0 Å². The molecular weight excluding hydrogens is 472 g/mol. The van der Waals surface area contributed by atoms with Crippen molar-refractivity contribution in [2.24, 2.45) is 0 Å². The molecule has 0 saturated carbocycles. The van der Waals surface area contributed by atoms with Gasteiger partial charge in [0.2, 0.25) is 0 Å². The lowest BCUT2D eigenvalue weighted by Crippen LogP contribution is -2.42. The molecule has 196 valence electrons. The Balaban J connectivity index is 1.36. The number of ether oxygens (including phenoxy) is 2. The van der Waals surface area contributed by atoms with Gasteiger partial charge in [-0.15, -0.1) is 0 Å². The molecule has 0 aromatic carbocycles. The molecule has 9 heteroatoms. The summed E-state index contributed by atoms with van der Waals surface area (Å²) in [6, 6.07) is 8.68. The second kappa shape index (κ2) is 12.0. The van der Waals surface area contributed by atoms with E-state index >= 15 is 0 Å². The predicted octanol–water partition coefficient (Wildman–Crippen LogP) is 2.53. The lowest BCUT2D eigenvalue weighted by Gasteiger charge is -2.32. The van der Waals surface area contributed by atoms with Crippen LogP contribution in [0.25, 0.3) is 0 Å². The Bertz CT molecular complexity index is 1000. The van der Waals surface area contributed by atoms with Crippen molar-refractivity contribution in [3.05, 3.63) is 53.1 Å². The summed E-state index contributed by atoms with van der Waals surface area (Å²) >= 11 is 5.91. The third-order valence-electron chi connectivity index (χ3n) is 7.85. The molecule has 3 saturated heterocycles. The van der Waals surface area contributed by atoms with Gasteiger partial charge in [0, 0.05) is 69.9 Å². The highest BCUT2D eigenvalue weighted by molar-refractivity contribution is 7.80. The summed E-state index contributed by atoms with van der Waals surface area (Å²) in [5.74, 6) is 0. The second-order valence-electron chi connectivity index (χ2n) is 10.1. The van der Waals surface area contributed by atoms with Gasteiger partial charge in [0.1, 0.15) is 0 Å². The minimum absolute atomic E-state index is 0.0330. The summed E-state index contributed by atoms with van der Waals surface area (Å²) in [5, 5.41) is 4.44. The van der Waals surface area contributed by atoms with Crippen molar-refractivity contribution in [1.29, 1.82) is 0 Å². The first-order chi connectivity index (χ1) is 17.6. The number of pyridine rings is 1. The van der Waals surface area contributed by atoms with Crippen LogP contribution in [0.15, 0.2) is 30.5 Å². The Morgan fingerprint density at radius 2 is 1.64 bits per heavy atom. The molecule has 5 rings (SSSR count). The highest BCUT2D eigenvalue weighted by Crippen LogP contribution is 2.40. The maximum absolute atomic E-state index is 5.91. The van der Waals surface area contributed by atoms with Gasteiger partial charge in [-0.1, -0.05) is 6.07 Å². The van der Waals surface area contributed by atoms with Crippen molar-refractivity contribution >= 4 is 17.3 Å². The smallest absolute Gasteiger partial charge is 0.170 e. The Kier molecular flexibility index (Phi) is 8.54. The Labute approximate surface area is 220 Å². The second-order valence-corrected chi connectivity index (χ2v) is 10.4. The lowest BCUT2D eigenvalue weighted by atomic mass is 9.96. The van der Waals surface area contributed by atoms with E-state index in [0.29, 0.717) is 0 Å². The average Bonchev–Trinajstić information content (AvgIpc) is 3.39. The highest BCUT2D eigenvalue weighted by atomic mass is 32.1. The average molecular weight is 513 g/mol. The molecule has 2 atom stereocenters. The molecule has 8 nitrogen and oxygen atoms in total.